The highest BCUT2D eigenvalue weighted by molar-refractivity contribution is 5.90. The van der Waals surface area contributed by atoms with Gasteiger partial charge < -0.3 is 28.8 Å². The smallest absolute Gasteiger partial charge is 0.337 e. The normalized spacial score (nSPS) is 26.2. The Balaban J connectivity index is 1.45. The molecular formula is C26H35N3O5. The number of fused-ring (bicyclic) bond motifs is 6. The number of H-pyrrole nitrogens is 1. The Bertz CT molecular complexity index is 1110. The van der Waals surface area contributed by atoms with Crippen molar-refractivity contribution in [1.82, 2.24) is 14.8 Å². The molecule has 184 valence electrons. The lowest BCUT2D eigenvalue weighted by Gasteiger charge is -2.49. The van der Waals surface area contributed by atoms with E-state index in [-0.39, 0.29) is 30.0 Å². The van der Waals surface area contributed by atoms with E-state index in [0.29, 0.717) is 18.7 Å². The van der Waals surface area contributed by atoms with Gasteiger partial charge in [-0.15, -0.1) is 0 Å². The molecule has 4 atom stereocenters. The molecule has 0 bridgehead atoms. The lowest BCUT2D eigenvalue weighted by atomic mass is 9.72. The van der Waals surface area contributed by atoms with Gasteiger partial charge in [0.15, 0.2) is 11.5 Å². The number of benzene rings is 1. The van der Waals surface area contributed by atoms with Gasteiger partial charge in [-0.25, -0.2) is 4.79 Å². The van der Waals surface area contributed by atoms with E-state index in [4.69, 9.17) is 18.9 Å². The number of aromatic nitrogens is 1. The number of piperidine rings is 1. The molecule has 2 unspecified atom stereocenters. The second-order valence-electron chi connectivity index (χ2n) is 9.89. The molecule has 0 saturated carbocycles. The van der Waals surface area contributed by atoms with Crippen LogP contribution in [0.2, 0.25) is 0 Å². The number of ether oxygens (including phenoxy) is 4. The molecule has 8 nitrogen and oxygen atoms in total. The Morgan fingerprint density at radius 3 is 2.74 bits per heavy atom. The summed E-state index contributed by atoms with van der Waals surface area (Å²) in [5, 5.41) is 1.19. The van der Waals surface area contributed by atoms with E-state index in [9.17, 15) is 4.79 Å². The number of methoxy groups -OCH3 is 2. The van der Waals surface area contributed by atoms with Gasteiger partial charge in [0.1, 0.15) is 6.61 Å². The van der Waals surface area contributed by atoms with Crippen LogP contribution in [0, 0.1) is 11.8 Å². The molecule has 3 aliphatic heterocycles. The van der Waals surface area contributed by atoms with E-state index in [1.165, 1.54) is 16.6 Å². The molecule has 0 spiro atoms. The zero-order valence-corrected chi connectivity index (χ0v) is 20.7. The van der Waals surface area contributed by atoms with Crippen molar-refractivity contribution in [3.63, 3.8) is 0 Å². The minimum atomic E-state index is -0.251. The summed E-state index contributed by atoms with van der Waals surface area (Å²) in [5.74, 6) is 1.59. The summed E-state index contributed by atoms with van der Waals surface area (Å²) in [6, 6.07) is 4.32. The van der Waals surface area contributed by atoms with Gasteiger partial charge in [-0.1, -0.05) is 0 Å². The average Bonchev–Trinajstić information content (AvgIpc) is 3.20. The lowest BCUT2D eigenvalue weighted by molar-refractivity contribution is -0.142. The molecule has 4 heterocycles. The largest absolute Gasteiger partial charge is 0.497 e. The van der Waals surface area contributed by atoms with Gasteiger partial charge in [-0.05, 0) is 45.5 Å². The van der Waals surface area contributed by atoms with Gasteiger partial charge in [0.2, 0.25) is 0 Å². The van der Waals surface area contributed by atoms with Crippen LogP contribution in [-0.2, 0) is 20.7 Å². The van der Waals surface area contributed by atoms with E-state index >= 15 is 0 Å². The molecule has 5 rings (SSSR count). The zero-order valence-electron chi connectivity index (χ0n) is 20.7. The highest BCUT2D eigenvalue weighted by atomic mass is 16.5. The average molecular weight is 470 g/mol. The van der Waals surface area contributed by atoms with Gasteiger partial charge in [-0.3, -0.25) is 4.90 Å². The minimum absolute atomic E-state index is 0.0712. The standard InChI is InChI=1S/C26H35N3O5/c1-15-19-13-29-7-6-16-18-11-23(31-4)24(32-5)12-21(18)27-25(16)22(29)10-17(19)20(14-34-15)26(30)33-9-8-28(2)3/h11-12,14-15,17,19,22,27H,6-10,13H2,1-5H3/t15-,17?,19?,22+/m0/s1. The van der Waals surface area contributed by atoms with Crippen molar-refractivity contribution in [2.45, 2.75) is 31.9 Å². The van der Waals surface area contributed by atoms with Crippen LogP contribution in [0.5, 0.6) is 11.5 Å². The summed E-state index contributed by atoms with van der Waals surface area (Å²) < 4.78 is 22.6. The monoisotopic (exact) mass is 469 g/mol. The molecule has 0 amide bonds. The molecule has 1 saturated heterocycles. The quantitative estimate of drug-likeness (QED) is 0.652. The van der Waals surface area contributed by atoms with Gasteiger partial charge in [-0.2, -0.15) is 0 Å². The molecule has 1 fully saturated rings. The first-order chi connectivity index (χ1) is 16.4. The first-order valence-corrected chi connectivity index (χ1v) is 12.1. The molecule has 1 aromatic heterocycles. The third-order valence-electron chi connectivity index (χ3n) is 7.73. The summed E-state index contributed by atoms with van der Waals surface area (Å²) in [6.45, 7) is 5.08. The van der Waals surface area contributed by atoms with Gasteiger partial charge in [0, 0.05) is 54.1 Å². The van der Waals surface area contributed by atoms with Crippen LogP contribution in [0.1, 0.15) is 30.6 Å². The van der Waals surface area contributed by atoms with Crippen molar-refractivity contribution in [2.75, 3.05) is 54.6 Å². The molecular weight excluding hydrogens is 434 g/mol. The Morgan fingerprint density at radius 2 is 2.00 bits per heavy atom. The fourth-order valence-electron chi connectivity index (χ4n) is 5.85. The van der Waals surface area contributed by atoms with Crippen molar-refractivity contribution in [3.8, 4) is 11.5 Å². The highest BCUT2D eigenvalue weighted by Crippen LogP contribution is 2.48. The fourth-order valence-corrected chi connectivity index (χ4v) is 5.85. The summed E-state index contributed by atoms with van der Waals surface area (Å²) >= 11 is 0. The van der Waals surface area contributed by atoms with Crippen LogP contribution in [0.4, 0.5) is 0 Å². The number of carbonyl (C=O) groups is 1. The molecule has 0 radical (unpaired) electrons. The van der Waals surface area contributed by atoms with Crippen molar-refractivity contribution < 1.29 is 23.7 Å². The summed E-state index contributed by atoms with van der Waals surface area (Å²) in [4.78, 5) is 21.2. The highest BCUT2D eigenvalue weighted by Gasteiger charge is 2.47. The number of hydrogen-bond acceptors (Lipinski definition) is 7. The van der Waals surface area contributed by atoms with Crippen LogP contribution in [0.25, 0.3) is 10.9 Å². The number of hydrogen-bond donors (Lipinski definition) is 1. The fraction of sp³-hybridized carbons (Fsp3) is 0.577. The number of rotatable bonds is 6. The molecule has 1 aromatic carbocycles. The van der Waals surface area contributed by atoms with Crippen molar-refractivity contribution >= 4 is 16.9 Å². The third-order valence-corrected chi connectivity index (χ3v) is 7.73. The predicted molar refractivity (Wildman–Crippen MR) is 129 cm³/mol. The van der Waals surface area contributed by atoms with E-state index in [1.807, 2.05) is 25.1 Å². The Hall–Kier alpha value is -2.71. The zero-order chi connectivity index (χ0) is 24.0. The van der Waals surface area contributed by atoms with Gasteiger partial charge in [0.05, 0.1) is 38.2 Å². The van der Waals surface area contributed by atoms with E-state index < -0.39 is 0 Å². The van der Waals surface area contributed by atoms with Crippen molar-refractivity contribution in [2.24, 2.45) is 11.8 Å². The van der Waals surface area contributed by atoms with Crippen LogP contribution in [0.3, 0.4) is 0 Å². The molecule has 2 aromatic rings. The van der Waals surface area contributed by atoms with Crippen LogP contribution in [0.15, 0.2) is 24.0 Å². The SMILES string of the molecule is COc1cc2[nH]c3c(c2cc1OC)CCN1CC2C(C[C@H]31)C(C(=O)OCCN(C)C)=CO[C@H]2C. The topological polar surface area (TPSA) is 76.3 Å². The lowest BCUT2D eigenvalue weighted by Crippen LogP contribution is -2.51. The number of esters is 1. The number of likely N-dealkylation sites (N-methyl/N-ethyl adjacent to an activating group) is 1. The van der Waals surface area contributed by atoms with Crippen LogP contribution >= 0.6 is 0 Å². The van der Waals surface area contributed by atoms with Crippen molar-refractivity contribution in [3.05, 3.63) is 35.2 Å². The van der Waals surface area contributed by atoms with E-state index in [2.05, 4.69) is 22.9 Å². The first-order valence-electron chi connectivity index (χ1n) is 12.1. The van der Waals surface area contributed by atoms with Crippen LogP contribution < -0.4 is 9.47 Å². The number of carbonyl (C=O) groups excluding carboxylic acids is 1. The maximum Gasteiger partial charge on any atom is 0.337 e. The summed E-state index contributed by atoms with van der Waals surface area (Å²) in [7, 11) is 7.27. The second-order valence-corrected chi connectivity index (χ2v) is 9.89. The number of nitrogens with one attached hydrogen (secondary N) is 1. The molecule has 0 aliphatic carbocycles. The Morgan fingerprint density at radius 1 is 1.24 bits per heavy atom. The van der Waals surface area contributed by atoms with Gasteiger partial charge >= 0.3 is 5.97 Å². The first kappa shape index (κ1) is 23.1. The Labute approximate surface area is 200 Å². The molecule has 3 aliphatic rings. The number of aromatic amines is 1. The predicted octanol–water partition coefficient (Wildman–Crippen LogP) is 3.13. The Kier molecular flexibility index (Phi) is 6.20. The molecule has 8 heteroatoms. The third kappa shape index (κ3) is 3.92. The maximum absolute atomic E-state index is 13.0. The second kappa shape index (κ2) is 9.15. The maximum atomic E-state index is 13.0. The van der Waals surface area contributed by atoms with Crippen molar-refractivity contribution in [1.29, 1.82) is 0 Å². The minimum Gasteiger partial charge on any atom is -0.497 e. The summed E-state index contributed by atoms with van der Waals surface area (Å²) in [6.07, 6.45) is 3.57. The van der Waals surface area contributed by atoms with E-state index in [1.54, 1.807) is 20.5 Å². The van der Waals surface area contributed by atoms with Gasteiger partial charge in [0.25, 0.3) is 0 Å². The summed E-state index contributed by atoms with van der Waals surface area (Å²) in [5.41, 5.74) is 4.32. The number of nitrogens with zero attached hydrogens (tertiary/aromatic N) is 2. The molecule has 1 N–H and O–H groups in total. The van der Waals surface area contributed by atoms with Crippen LogP contribution in [-0.4, -0.2) is 81.4 Å². The van der Waals surface area contributed by atoms with E-state index in [0.717, 1.165) is 42.9 Å². The molecule has 34 heavy (non-hydrogen) atoms.